The molecule has 0 atom stereocenters. The summed E-state index contributed by atoms with van der Waals surface area (Å²) in [6, 6.07) is 12.7. The van der Waals surface area contributed by atoms with Crippen LogP contribution in [0.15, 0.2) is 78.7 Å². The van der Waals surface area contributed by atoms with Gasteiger partial charge in [-0.2, -0.15) is 5.10 Å². The second kappa shape index (κ2) is 7.70. The van der Waals surface area contributed by atoms with Gasteiger partial charge in [-0.15, -0.1) is 18.3 Å². The van der Waals surface area contributed by atoms with Gasteiger partial charge in [-0.05, 0) is 43.7 Å². The van der Waals surface area contributed by atoms with Gasteiger partial charge in [0.15, 0.2) is 5.82 Å². The van der Waals surface area contributed by atoms with Crippen LogP contribution in [0.5, 0.6) is 0 Å². The highest BCUT2D eigenvalue weighted by Gasteiger charge is 2.40. The highest BCUT2D eigenvalue weighted by atomic mass is 19.4. The lowest BCUT2D eigenvalue weighted by atomic mass is 9.97. The zero-order valence-corrected chi connectivity index (χ0v) is 17.0. The number of nitrogens with zero attached hydrogens (tertiary/aromatic N) is 4. The standard InChI is InChI=1S/C23H21F3N4O/c1-22(2,31)17-7-6-12-29(15-17)19-11-10-16-14-27-28-21(20(16)13-19)30(23(24,25)26)18-8-4-3-5-9-18/h3-11,13-15,31H,12H2,1-2H3. The number of anilines is 3. The van der Waals surface area contributed by atoms with Crippen molar-refractivity contribution in [2.75, 3.05) is 16.3 Å². The highest BCUT2D eigenvalue weighted by Crippen LogP contribution is 2.39. The number of alkyl halides is 3. The van der Waals surface area contributed by atoms with Crippen molar-refractivity contribution in [2.45, 2.75) is 25.7 Å². The van der Waals surface area contributed by atoms with Gasteiger partial charge in [0.25, 0.3) is 0 Å². The zero-order valence-electron chi connectivity index (χ0n) is 17.0. The highest BCUT2D eigenvalue weighted by molar-refractivity contribution is 5.95. The van der Waals surface area contributed by atoms with Crippen LogP contribution in [0.1, 0.15) is 13.8 Å². The Morgan fingerprint density at radius 1 is 1.06 bits per heavy atom. The number of benzene rings is 2. The zero-order chi connectivity index (χ0) is 22.2. The summed E-state index contributed by atoms with van der Waals surface area (Å²) in [5, 5.41) is 18.8. The van der Waals surface area contributed by atoms with E-state index in [4.69, 9.17) is 0 Å². The summed E-state index contributed by atoms with van der Waals surface area (Å²) in [7, 11) is 0. The topological polar surface area (TPSA) is 52.5 Å². The third-order valence-corrected chi connectivity index (χ3v) is 5.04. The van der Waals surface area contributed by atoms with Gasteiger partial charge in [0, 0.05) is 29.2 Å². The molecule has 4 rings (SSSR count). The minimum Gasteiger partial charge on any atom is -0.386 e. The summed E-state index contributed by atoms with van der Waals surface area (Å²) in [5.41, 5.74) is 0.298. The average molecular weight is 426 g/mol. The maximum absolute atomic E-state index is 14.1. The Morgan fingerprint density at radius 3 is 2.48 bits per heavy atom. The van der Waals surface area contributed by atoms with Crippen molar-refractivity contribution < 1.29 is 18.3 Å². The normalized spacial score (nSPS) is 14.6. The number of halogens is 3. The van der Waals surface area contributed by atoms with Gasteiger partial charge in [0.05, 0.1) is 17.5 Å². The van der Waals surface area contributed by atoms with Gasteiger partial charge in [-0.3, -0.25) is 0 Å². The Hall–Kier alpha value is -3.39. The van der Waals surface area contributed by atoms with Gasteiger partial charge < -0.3 is 10.0 Å². The minimum absolute atomic E-state index is 0.0488. The lowest BCUT2D eigenvalue weighted by molar-refractivity contribution is -0.121. The second-order valence-corrected chi connectivity index (χ2v) is 7.78. The maximum atomic E-state index is 14.1. The average Bonchev–Trinajstić information content (AvgIpc) is 2.73. The van der Waals surface area contributed by atoms with Crippen LogP contribution in [0.2, 0.25) is 0 Å². The molecule has 3 aromatic rings. The molecule has 31 heavy (non-hydrogen) atoms. The Balaban J connectivity index is 1.85. The van der Waals surface area contributed by atoms with E-state index in [1.807, 2.05) is 23.1 Å². The fourth-order valence-corrected chi connectivity index (χ4v) is 3.46. The predicted octanol–water partition coefficient (Wildman–Crippen LogP) is 5.32. The summed E-state index contributed by atoms with van der Waals surface area (Å²) >= 11 is 0. The predicted molar refractivity (Wildman–Crippen MR) is 115 cm³/mol. The minimum atomic E-state index is -4.69. The Kier molecular flexibility index (Phi) is 5.18. The molecule has 160 valence electrons. The van der Waals surface area contributed by atoms with Crippen molar-refractivity contribution in [2.24, 2.45) is 0 Å². The quantitative estimate of drug-likeness (QED) is 0.573. The van der Waals surface area contributed by atoms with Crippen LogP contribution in [-0.2, 0) is 0 Å². The Morgan fingerprint density at radius 2 is 1.81 bits per heavy atom. The van der Waals surface area contributed by atoms with E-state index in [2.05, 4.69) is 10.2 Å². The molecule has 1 aliphatic heterocycles. The molecule has 0 saturated heterocycles. The van der Waals surface area contributed by atoms with Crippen LogP contribution < -0.4 is 9.80 Å². The van der Waals surface area contributed by atoms with E-state index in [0.29, 0.717) is 28.6 Å². The van der Waals surface area contributed by atoms with E-state index >= 15 is 0 Å². The van der Waals surface area contributed by atoms with Crippen molar-refractivity contribution >= 4 is 28.0 Å². The van der Waals surface area contributed by atoms with Gasteiger partial charge >= 0.3 is 6.30 Å². The van der Waals surface area contributed by atoms with Crippen LogP contribution in [0.3, 0.4) is 0 Å². The molecule has 8 heteroatoms. The van der Waals surface area contributed by atoms with Crippen LogP contribution >= 0.6 is 0 Å². The summed E-state index contributed by atoms with van der Waals surface area (Å²) in [5.74, 6) is -0.294. The van der Waals surface area contributed by atoms with Crippen LogP contribution in [0.4, 0.5) is 30.4 Å². The van der Waals surface area contributed by atoms with E-state index in [-0.39, 0.29) is 16.4 Å². The fourth-order valence-electron chi connectivity index (χ4n) is 3.46. The van der Waals surface area contributed by atoms with Gasteiger partial charge in [-0.25, -0.2) is 4.90 Å². The molecule has 0 spiro atoms. The van der Waals surface area contributed by atoms with Crippen LogP contribution in [0, 0.1) is 0 Å². The number of fused-ring (bicyclic) bond motifs is 1. The van der Waals surface area contributed by atoms with E-state index in [0.717, 1.165) is 0 Å². The second-order valence-electron chi connectivity index (χ2n) is 7.78. The van der Waals surface area contributed by atoms with Crippen molar-refractivity contribution in [1.82, 2.24) is 10.2 Å². The number of aromatic nitrogens is 2. The summed E-state index contributed by atoms with van der Waals surface area (Å²) in [4.78, 5) is 2.11. The van der Waals surface area contributed by atoms with Gasteiger partial charge in [-0.1, -0.05) is 36.4 Å². The molecule has 5 nitrogen and oxygen atoms in total. The first-order chi connectivity index (χ1) is 14.6. The SMILES string of the molecule is CC(C)(O)C1=CN(c2ccc3cnnc(N(c4ccccc4)C(F)(F)F)c3c2)CC=C1. The van der Waals surface area contributed by atoms with Crippen molar-refractivity contribution in [3.05, 3.63) is 78.7 Å². The summed E-state index contributed by atoms with van der Waals surface area (Å²) in [6.07, 6.45) is 2.29. The summed E-state index contributed by atoms with van der Waals surface area (Å²) in [6.45, 7) is 3.89. The molecule has 0 bridgehead atoms. The largest absolute Gasteiger partial charge is 0.490 e. The first-order valence-electron chi connectivity index (χ1n) is 9.70. The molecule has 1 aliphatic rings. The molecule has 0 fully saturated rings. The third kappa shape index (κ3) is 4.25. The number of hydrogen-bond acceptors (Lipinski definition) is 5. The van der Waals surface area contributed by atoms with E-state index < -0.39 is 11.9 Å². The van der Waals surface area contributed by atoms with Crippen molar-refractivity contribution in [3.8, 4) is 0 Å². The van der Waals surface area contributed by atoms with Crippen molar-refractivity contribution in [1.29, 1.82) is 0 Å². The third-order valence-electron chi connectivity index (χ3n) is 5.04. The fraction of sp³-hybridized carbons (Fsp3) is 0.217. The number of aliphatic hydroxyl groups is 1. The molecule has 0 saturated carbocycles. The van der Waals surface area contributed by atoms with Crippen LogP contribution in [0.25, 0.3) is 10.8 Å². The maximum Gasteiger partial charge on any atom is 0.490 e. The molecular formula is C23H21F3N4O. The molecule has 2 aromatic carbocycles. The van der Waals surface area contributed by atoms with E-state index in [1.54, 1.807) is 50.4 Å². The van der Waals surface area contributed by atoms with Gasteiger partial charge in [0.2, 0.25) is 0 Å². The molecule has 0 aliphatic carbocycles. The molecule has 1 N–H and O–H groups in total. The molecular weight excluding hydrogens is 405 g/mol. The lowest BCUT2D eigenvalue weighted by Crippen LogP contribution is -2.34. The number of rotatable bonds is 4. The smallest absolute Gasteiger partial charge is 0.386 e. The molecule has 0 amide bonds. The molecule has 0 radical (unpaired) electrons. The van der Waals surface area contributed by atoms with E-state index in [9.17, 15) is 18.3 Å². The van der Waals surface area contributed by atoms with E-state index in [1.165, 1.54) is 18.3 Å². The first kappa shape index (κ1) is 20.9. The van der Waals surface area contributed by atoms with Crippen molar-refractivity contribution in [3.63, 3.8) is 0 Å². The monoisotopic (exact) mass is 426 g/mol. The van der Waals surface area contributed by atoms with Crippen LogP contribution in [-0.4, -0.2) is 33.7 Å². The number of para-hydroxylation sites is 1. The molecule has 0 unspecified atom stereocenters. The Bertz CT molecular complexity index is 1150. The molecule has 1 aromatic heterocycles. The van der Waals surface area contributed by atoms with Gasteiger partial charge in [0.1, 0.15) is 0 Å². The first-order valence-corrected chi connectivity index (χ1v) is 9.70. The number of hydrogen-bond donors (Lipinski definition) is 1. The molecule has 2 heterocycles. The lowest BCUT2D eigenvalue weighted by Gasteiger charge is -2.29. The summed E-state index contributed by atoms with van der Waals surface area (Å²) < 4.78 is 42.2. The Labute approximate surface area is 177 Å².